The largest absolute Gasteiger partial charge is 0 e. The van der Waals surface area contributed by atoms with Gasteiger partial charge in [-0.25, -0.2) is 0 Å². The van der Waals surface area contributed by atoms with Gasteiger partial charge in [0.25, 0.3) is 0 Å². The van der Waals surface area contributed by atoms with Crippen LogP contribution in [0.3, 0.4) is 0 Å². The first kappa shape index (κ1) is 10.1. The third-order valence-electron chi connectivity index (χ3n) is 0. The normalized spacial score (nSPS) is 9.67. The van der Waals surface area contributed by atoms with Crippen molar-refractivity contribution >= 4 is 19.0 Å². The molecule has 4 nitrogen and oxygen atoms in total. The van der Waals surface area contributed by atoms with E-state index in [4.69, 9.17) is 13.2 Å². The molecule has 0 spiro atoms. The van der Waals surface area contributed by atoms with Crippen molar-refractivity contribution in [2.45, 2.75) is 0 Å². The van der Waals surface area contributed by atoms with E-state index in [1.807, 2.05) is 0 Å². The van der Waals surface area contributed by atoms with E-state index >= 15 is 0 Å². The van der Waals surface area contributed by atoms with Crippen LogP contribution in [-0.2, 0) is 28.6 Å². The minimum Gasteiger partial charge on any atom is 0 e. The summed E-state index contributed by atoms with van der Waals surface area (Å²) in [4.78, 5) is 0. The van der Waals surface area contributed by atoms with Gasteiger partial charge in [-0.15, -0.1) is 0 Å². The summed E-state index contributed by atoms with van der Waals surface area (Å²) in [7, 11) is 0. The molecule has 6 heavy (non-hydrogen) atoms. The Bertz CT molecular complexity index is 90.7. The van der Waals surface area contributed by atoms with Gasteiger partial charge in [-0.2, -0.15) is 0 Å². The Balaban J connectivity index is 0. The second-order valence-corrected chi connectivity index (χ2v) is 3.00. The maximum Gasteiger partial charge on any atom is 0 e. The van der Waals surface area contributed by atoms with Crippen LogP contribution in [0.5, 0.6) is 0 Å². The van der Waals surface area contributed by atoms with E-state index in [-0.39, 0.29) is 22.4 Å². The Hall–Kier alpha value is 1.05. The van der Waals surface area contributed by atoms with Crippen molar-refractivity contribution in [3.8, 4) is 0 Å². The van der Waals surface area contributed by atoms with Gasteiger partial charge < -0.3 is 0 Å². The fourth-order valence-electron chi connectivity index (χ4n) is 0. The Kier molecular flexibility index (Phi) is 5.23. The van der Waals surface area contributed by atoms with E-state index in [9.17, 15) is 0 Å². The maximum atomic E-state index is 8.85. The molecule has 0 aromatic carbocycles. The predicted molar refractivity (Wildman–Crippen MR) is 11.6 cm³/mol. The minimum atomic E-state index is -5.52. The van der Waals surface area contributed by atoms with Crippen LogP contribution in [0, 0.1) is 0 Å². The average Bonchev–Trinajstić information content (AvgIpc) is 0.722. The molecule has 0 aliphatic carbocycles. The first-order chi connectivity index (χ1) is 2.00. The van der Waals surface area contributed by atoms with Crippen LogP contribution in [0.15, 0.2) is 0 Å². The van der Waals surface area contributed by atoms with E-state index in [0.717, 1.165) is 0 Å². The fourth-order valence-corrected chi connectivity index (χ4v) is 0. The molecular weight excluding hydrogens is 299 g/mol. The molecule has 0 aromatic rings. The van der Waals surface area contributed by atoms with E-state index in [0.29, 0.717) is 0 Å². The van der Waals surface area contributed by atoms with E-state index in [2.05, 4.69) is 0 Å². The molecule has 0 amide bonds. The average molecular weight is 301 g/mol. The van der Waals surface area contributed by atoms with Crippen LogP contribution in [0.4, 0.5) is 0 Å². The Morgan fingerprint density at radius 1 is 1.17 bits per heavy atom. The second-order valence-electron chi connectivity index (χ2n) is 0.448. The van der Waals surface area contributed by atoms with Crippen molar-refractivity contribution in [1.29, 1.82) is 0 Å². The van der Waals surface area contributed by atoms with Gasteiger partial charge in [0.05, 0.1) is 0 Å². The summed E-state index contributed by atoms with van der Waals surface area (Å²) in [5, 5.41) is 0. The quantitative estimate of drug-likeness (QED) is 0.521. The first-order valence-corrected chi connectivity index (χ1v) is 4.69. The monoisotopic (exact) mass is 303 g/mol. The zero-order chi connectivity index (χ0) is 4.50. The molecule has 0 aliphatic heterocycles. The Labute approximate surface area is 54.3 Å². The summed E-state index contributed by atoms with van der Waals surface area (Å²) in [6.45, 7) is 0. The summed E-state index contributed by atoms with van der Waals surface area (Å²) < 4.78 is 32.0. The predicted octanol–water partition coefficient (Wildman–Crippen LogP) is -1.73. The van der Waals surface area contributed by atoms with Gasteiger partial charge >= 0.3 is 32.1 Å². The number of hydrogen-bond donors (Lipinski definition) is 2. The van der Waals surface area contributed by atoms with Gasteiger partial charge in [0.15, 0.2) is 0 Å². The van der Waals surface area contributed by atoms with Crippen molar-refractivity contribution in [2.75, 3.05) is 0 Å². The molecule has 0 aromatic heterocycles. The van der Waals surface area contributed by atoms with Gasteiger partial charge in [-0.05, 0) is 0 Å². The summed E-state index contributed by atoms with van der Waals surface area (Å²) >= 11 is -5.52. The Morgan fingerprint density at radius 3 is 1.17 bits per heavy atom. The van der Waals surface area contributed by atoms with Crippen LogP contribution in [0.2, 0.25) is 0 Å². The molecule has 2 N–H and O–H groups in total. The van der Waals surface area contributed by atoms with Crippen LogP contribution in [0.25, 0.3) is 0 Å². The van der Waals surface area contributed by atoms with E-state index in [1.54, 1.807) is 0 Å². The van der Waals surface area contributed by atoms with Gasteiger partial charge in [-0.1, -0.05) is 0 Å². The van der Waals surface area contributed by atoms with Crippen molar-refractivity contribution in [2.24, 2.45) is 0 Å². The van der Waals surface area contributed by atoms with Crippen LogP contribution < -0.4 is 0 Å². The van der Waals surface area contributed by atoms with Crippen LogP contribution in [-0.4, -0.2) is 25.9 Å². The molecule has 0 atom stereocenters. The van der Waals surface area contributed by atoms with Crippen molar-refractivity contribution in [3.05, 3.63) is 0 Å². The molecular formula is H2AgO4Te. The molecule has 0 saturated heterocycles. The van der Waals surface area contributed by atoms with Gasteiger partial charge in [0.2, 0.25) is 0 Å². The summed E-state index contributed by atoms with van der Waals surface area (Å²) in [5.74, 6) is 0. The maximum absolute atomic E-state index is 8.85. The summed E-state index contributed by atoms with van der Waals surface area (Å²) in [5.41, 5.74) is 0. The molecule has 0 unspecified atom stereocenters. The SMILES string of the molecule is O=[Te](=O)(O)O.[Ag]. The zero-order valence-corrected chi connectivity index (χ0v) is 6.23. The third-order valence-corrected chi connectivity index (χ3v) is 0. The summed E-state index contributed by atoms with van der Waals surface area (Å²) in [6.07, 6.45) is 0. The van der Waals surface area contributed by atoms with Crippen LogP contribution >= 0.6 is 0 Å². The topological polar surface area (TPSA) is 74.6 Å². The van der Waals surface area contributed by atoms with Crippen molar-refractivity contribution in [1.82, 2.24) is 0 Å². The smallest absolute Gasteiger partial charge is 0 e. The molecule has 0 rings (SSSR count). The van der Waals surface area contributed by atoms with E-state index in [1.165, 1.54) is 0 Å². The third kappa shape index (κ3) is 75.1. The molecule has 1 radical (unpaired) electrons. The molecule has 6 heteroatoms. The number of hydrogen-bond acceptors (Lipinski definition) is 2. The van der Waals surface area contributed by atoms with Gasteiger partial charge in [0.1, 0.15) is 0 Å². The zero-order valence-electron chi connectivity index (χ0n) is 2.42. The Morgan fingerprint density at radius 2 is 1.17 bits per heavy atom. The van der Waals surface area contributed by atoms with Crippen LogP contribution in [0.1, 0.15) is 0 Å². The molecule has 0 bridgehead atoms. The minimum absolute atomic E-state index is 0. The first-order valence-electron chi connectivity index (χ1n) is 0.698. The molecule has 0 fully saturated rings. The van der Waals surface area contributed by atoms with Gasteiger partial charge in [-0.3, -0.25) is 0 Å². The molecule has 0 aliphatic rings. The number of rotatable bonds is 0. The molecule has 0 heterocycles. The van der Waals surface area contributed by atoms with Crippen molar-refractivity contribution in [3.63, 3.8) is 0 Å². The fraction of sp³-hybridized carbons (Fsp3) is 0. The summed E-state index contributed by atoms with van der Waals surface area (Å²) in [6, 6.07) is 0. The van der Waals surface area contributed by atoms with E-state index < -0.39 is 19.0 Å². The van der Waals surface area contributed by atoms with Gasteiger partial charge in [0, 0.05) is 22.4 Å². The van der Waals surface area contributed by atoms with Crippen molar-refractivity contribution < 1.29 is 35.5 Å². The molecule has 43 valence electrons. The second kappa shape index (κ2) is 3.10. The molecule has 0 saturated carbocycles. The standard InChI is InChI=1S/Ag.H2O4Te/c;1-5(2,3)4/h;(H2,1,2,3,4).